The summed E-state index contributed by atoms with van der Waals surface area (Å²) in [6.07, 6.45) is 1.22. The highest BCUT2D eigenvalue weighted by atomic mass is 16.5. The smallest absolute Gasteiger partial charge is 0.118 e. The van der Waals surface area contributed by atoms with E-state index in [0.29, 0.717) is 12.1 Å². The lowest BCUT2D eigenvalue weighted by Crippen LogP contribution is -2.39. The van der Waals surface area contributed by atoms with Crippen molar-refractivity contribution in [3.8, 4) is 5.75 Å². The Hall–Kier alpha value is -1.06. The molecule has 0 aliphatic heterocycles. The van der Waals surface area contributed by atoms with Gasteiger partial charge in [-0.3, -0.25) is 0 Å². The molecule has 1 aromatic carbocycles. The third-order valence-corrected chi connectivity index (χ3v) is 3.75. The van der Waals surface area contributed by atoms with Gasteiger partial charge < -0.3 is 15.0 Å². The monoisotopic (exact) mass is 278 g/mol. The average Bonchev–Trinajstić information content (AvgIpc) is 2.42. The Labute approximate surface area is 124 Å². The highest BCUT2D eigenvalue weighted by Gasteiger charge is 2.14. The van der Waals surface area contributed by atoms with Crippen LogP contribution in [0.2, 0.25) is 0 Å². The zero-order chi connectivity index (χ0) is 15.1. The van der Waals surface area contributed by atoms with Crippen LogP contribution in [0.5, 0.6) is 5.75 Å². The molecule has 0 amide bonds. The lowest BCUT2D eigenvalue weighted by Gasteiger charge is -2.28. The van der Waals surface area contributed by atoms with Gasteiger partial charge in [-0.1, -0.05) is 26.0 Å². The van der Waals surface area contributed by atoms with Crippen molar-refractivity contribution in [1.82, 2.24) is 10.2 Å². The Bertz CT molecular complexity index is 373. The van der Waals surface area contributed by atoms with Crippen LogP contribution in [0.15, 0.2) is 24.3 Å². The molecule has 0 radical (unpaired) electrons. The highest BCUT2D eigenvalue weighted by Crippen LogP contribution is 2.18. The van der Waals surface area contributed by atoms with Crippen LogP contribution in [0.4, 0.5) is 0 Å². The van der Waals surface area contributed by atoms with Crippen molar-refractivity contribution in [3.05, 3.63) is 29.8 Å². The fraction of sp³-hybridized carbons (Fsp3) is 0.647. The van der Waals surface area contributed by atoms with Crippen LogP contribution >= 0.6 is 0 Å². The van der Waals surface area contributed by atoms with E-state index in [1.165, 1.54) is 12.0 Å². The van der Waals surface area contributed by atoms with Gasteiger partial charge in [-0.25, -0.2) is 0 Å². The predicted molar refractivity (Wildman–Crippen MR) is 86.3 cm³/mol. The van der Waals surface area contributed by atoms with E-state index in [2.05, 4.69) is 57.2 Å². The van der Waals surface area contributed by atoms with Crippen LogP contribution in [0.1, 0.15) is 38.8 Å². The molecule has 3 heteroatoms. The molecule has 0 bridgehead atoms. The van der Waals surface area contributed by atoms with Crippen molar-refractivity contribution < 1.29 is 4.74 Å². The number of nitrogens with one attached hydrogen (secondary N) is 1. The fourth-order valence-electron chi connectivity index (χ4n) is 2.34. The van der Waals surface area contributed by atoms with E-state index < -0.39 is 0 Å². The van der Waals surface area contributed by atoms with Gasteiger partial charge >= 0.3 is 0 Å². The molecule has 1 rings (SSSR count). The molecular formula is C17H30N2O. The van der Waals surface area contributed by atoms with Gasteiger partial charge in [0.25, 0.3) is 0 Å². The van der Waals surface area contributed by atoms with Gasteiger partial charge in [0.15, 0.2) is 0 Å². The number of rotatable bonds is 8. The van der Waals surface area contributed by atoms with Gasteiger partial charge in [0.1, 0.15) is 5.75 Å². The molecule has 0 spiro atoms. The van der Waals surface area contributed by atoms with Crippen molar-refractivity contribution in [1.29, 1.82) is 0 Å². The van der Waals surface area contributed by atoms with Crippen LogP contribution in [0.25, 0.3) is 0 Å². The third kappa shape index (κ3) is 5.51. The van der Waals surface area contributed by atoms with Crippen LogP contribution in [-0.2, 0) is 0 Å². The van der Waals surface area contributed by atoms with Gasteiger partial charge in [-0.05, 0) is 51.1 Å². The minimum absolute atomic E-state index is 0.357. The second kappa shape index (κ2) is 8.28. The Kier molecular flexibility index (Phi) is 7.03. The van der Waals surface area contributed by atoms with E-state index in [-0.39, 0.29) is 0 Å². The Morgan fingerprint density at radius 3 is 2.15 bits per heavy atom. The molecule has 1 N–H and O–H groups in total. The lowest BCUT2D eigenvalue weighted by atomic mass is 10.0. The SMILES string of the molecule is COc1ccc(C(C)NCC(CC(C)C)N(C)C)cc1. The van der Waals surface area contributed by atoms with Gasteiger partial charge in [0.2, 0.25) is 0 Å². The van der Waals surface area contributed by atoms with Gasteiger partial charge in [-0.15, -0.1) is 0 Å². The van der Waals surface area contributed by atoms with E-state index >= 15 is 0 Å². The molecule has 3 nitrogen and oxygen atoms in total. The first-order valence-corrected chi connectivity index (χ1v) is 7.47. The first kappa shape index (κ1) is 17.0. The normalized spacial score (nSPS) is 14.6. The molecule has 0 saturated carbocycles. The molecule has 0 fully saturated rings. The first-order chi connectivity index (χ1) is 9.43. The number of nitrogens with zero attached hydrogens (tertiary/aromatic N) is 1. The molecule has 2 unspecified atom stereocenters. The summed E-state index contributed by atoms with van der Waals surface area (Å²) in [5, 5.41) is 3.64. The maximum absolute atomic E-state index is 5.20. The number of ether oxygens (including phenoxy) is 1. The minimum Gasteiger partial charge on any atom is -0.497 e. The van der Waals surface area contributed by atoms with Crippen molar-refractivity contribution >= 4 is 0 Å². The number of hydrogen-bond acceptors (Lipinski definition) is 3. The van der Waals surface area contributed by atoms with Gasteiger partial charge in [0, 0.05) is 18.6 Å². The Morgan fingerprint density at radius 2 is 1.70 bits per heavy atom. The van der Waals surface area contributed by atoms with E-state index in [1.54, 1.807) is 7.11 Å². The zero-order valence-electron chi connectivity index (χ0n) is 13.8. The summed E-state index contributed by atoms with van der Waals surface area (Å²) in [6, 6.07) is 9.23. The number of hydrogen-bond donors (Lipinski definition) is 1. The summed E-state index contributed by atoms with van der Waals surface area (Å²) < 4.78 is 5.20. The van der Waals surface area contributed by atoms with Crippen molar-refractivity contribution in [2.45, 2.75) is 39.3 Å². The van der Waals surface area contributed by atoms with Gasteiger partial charge in [-0.2, -0.15) is 0 Å². The molecule has 0 saturated heterocycles. The van der Waals surface area contributed by atoms with Crippen molar-refractivity contribution in [3.63, 3.8) is 0 Å². The molecule has 0 aliphatic carbocycles. The largest absolute Gasteiger partial charge is 0.497 e. The second-order valence-corrected chi connectivity index (χ2v) is 6.15. The Balaban J connectivity index is 2.53. The number of benzene rings is 1. The van der Waals surface area contributed by atoms with Crippen molar-refractivity contribution in [2.75, 3.05) is 27.7 Å². The molecular weight excluding hydrogens is 248 g/mol. The summed E-state index contributed by atoms with van der Waals surface area (Å²) in [5.41, 5.74) is 1.30. The molecule has 1 aromatic rings. The quantitative estimate of drug-likeness (QED) is 0.789. The maximum Gasteiger partial charge on any atom is 0.118 e. The third-order valence-electron chi connectivity index (χ3n) is 3.75. The first-order valence-electron chi connectivity index (χ1n) is 7.47. The summed E-state index contributed by atoms with van der Waals surface area (Å²) >= 11 is 0. The zero-order valence-corrected chi connectivity index (χ0v) is 13.8. The van der Waals surface area contributed by atoms with Crippen LogP contribution in [0, 0.1) is 5.92 Å². The summed E-state index contributed by atoms with van der Waals surface area (Å²) in [5.74, 6) is 1.63. The highest BCUT2D eigenvalue weighted by molar-refractivity contribution is 5.28. The summed E-state index contributed by atoms with van der Waals surface area (Å²) in [7, 11) is 6.02. The molecule has 0 aliphatic rings. The summed E-state index contributed by atoms with van der Waals surface area (Å²) in [4.78, 5) is 2.31. The van der Waals surface area contributed by atoms with E-state index in [9.17, 15) is 0 Å². The predicted octanol–water partition coefficient (Wildman–Crippen LogP) is 3.32. The molecule has 2 atom stereocenters. The van der Waals surface area contributed by atoms with Crippen LogP contribution in [-0.4, -0.2) is 38.7 Å². The summed E-state index contributed by atoms with van der Waals surface area (Å²) in [6.45, 7) is 7.79. The Morgan fingerprint density at radius 1 is 1.10 bits per heavy atom. The molecule has 0 heterocycles. The number of likely N-dealkylation sites (N-methyl/N-ethyl adjacent to an activating group) is 1. The minimum atomic E-state index is 0.357. The van der Waals surface area contributed by atoms with E-state index in [4.69, 9.17) is 4.74 Å². The fourth-order valence-corrected chi connectivity index (χ4v) is 2.34. The topological polar surface area (TPSA) is 24.5 Å². The molecule has 0 aromatic heterocycles. The van der Waals surface area contributed by atoms with E-state index in [0.717, 1.165) is 18.2 Å². The van der Waals surface area contributed by atoms with Crippen LogP contribution in [0.3, 0.4) is 0 Å². The lowest BCUT2D eigenvalue weighted by molar-refractivity contribution is 0.242. The average molecular weight is 278 g/mol. The van der Waals surface area contributed by atoms with Crippen LogP contribution < -0.4 is 10.1 Å². The van der Waals surface area contributed by atoms with E-state index in [1.807, 2.05) is 12.1 Å². The van der Waals surface area contributed by atoms with Crippen molar-refractivity contribution in [2.24, 2.45) is 5.92 Å². The number of methoxy groups -OCH3 is 1. The maximum atomic E-state index is 5.20. The second-order valence-electron chi connectivity index (χ2n) is 6.15. The molecule has 20 heavy (non-hydrogen) atoms. The standard InChI is InChI=1S/C17H30N2O/c1-13(2)11-16(19(4)5)12-18-14(3)15-7-9-17(20-6)10-8-15/h7-10,13-14,16,18H,11-12H2,1-6H3. The molecule has 114 valence electrons. The van der Waals surface area contributed by atoms with Gasteiger partial charge in [0.05, 0.1) is 7.11 Å².